The molecule has 28 heavy (non-hydrogen) atoms. The number of nitrogens with zero attached hydrogens (tertiary/aromatic N) is 5. The third kappa shape index (κ3) is 3.20. The number of fused-ring (bicyclic) bond motifs is 2. The van der Waals surface area contributed by atoms with E-state index in [9.17, 15) is 0 Å². The maximum Gasteiger partial charge on any atom is 0.224 e. The number of hydrogen-bond acceptors (Lipinski definition) is 6. The van der Waals surface area contributed by atoms with Crippen LogP contribution in [-0.2, 0) is 4.74 Å². The second-order valence-corrected chi connectivity index (χ2v) is 7.18. The van der Waals surface area contributed by atoms with E-state index in [1.165, 1.54) is 0 Å². The van der Waals surface area contributed by atoms with Crippen molar-refractivity contribution in [2.75, 3.05) is 11.9 Å². The van der Waals surface area contributed by atoms with Crippen LogP contribution in [0.2, 0.25) is 0 Å². The minimum atomic E-state index is 0.398. The Morgan fingerprint density at radius 3 is 2.96 bits per heavy atom. The van der Waals surface area contributed by atoms with Crippen LogP contribution in [0.3, 0.4) is 0 Å². The van der Waals surface area contributed by atoms with Crippen molar-refractivity contribution in [2.45, 2.75) is 44.8 Å². The first-order valence-electron chi connectivity index (χ1n) is 9.83. The molecule has 4 aromatic rings. The second kappa shape index (κ2) is 7.20. The normalized spacial score (nSPS) is 20.0. The lowest BCUT2D eigenvalue weighted by atomic mass is 9.93. The summed E-state index contributed by atoms with van der Waals surface area (Å²) >= 11 is 0. The van der Waals surface area contributed by atoms with Gasteiger partial charge >= 0.3 is 0 Å². The van der Waals surface area contributed by atoms with Crippen molar-refractivity contribution in [2.24, 2.45) is 0 Å². The number of rotatable bonds is 5. The average molecular weight is 377 g/mol. The summed E-state index contributed by atoms with van der Waals surface area (Å²) in [6.45, 7) is 2.85. The molecule has 1 fully saturated rings. The van der Waals surface area contributed by atoms with E-state index in [2.05, 4.69) is 37.3 Å². The highest BCUT2D eigenvalue weighted by molar-refractivity contribution is 5.92. The largest absolute Gasteiger partial charge is 0.379 e. The summed E-state index contributed by atoms with van der Waals surface area (Å²) in [5, 5.41) is 8.63. The Kier molecular flexibility index (Phi) is 4.40. The highest BCUT2D eigenvalue weighted by atomic mass is 16.5. The summed E-state index contributed by atoms with van der Waals surface area (Å²) in [6, 6.07) is 4.23. The number of anilines is 1. The zero-order chi connectivity index (χ0) is 18.9. The monoisotopic (exact) mass is 377 g/mol. The lowest BCUT2D eigenvalue weighted by Crippen LogP contribution is -2.30. The van der Waals surface area contributed by atoms with Crippen molar-refractivity contribution in [1.82, 2.24) is 29.5 Å². The molecule has 1 saturated carbocycles. The Morgan fingerprint density at radius 2 is 2.11 bits per heavy atom. The number of ether oxygens (including phenoxy) is 1. The van der Waals surface area contributed by atoms with E-state index in [1.807, 2.05) is 30.7 Å². The van der Waals surface area contributed by atoms with Gasteiger partial charge in [-0.3, -0.25) is 0 Å². The predicted octanol–water partition coefficient (Wildman–Crippen LogP) is 3.43. The molecule has 4 heterocycles. The van der Waals surface area contributed by atoms with Crippen LogP contribution in [0.5, 0.6) is 0 Å². The zero-order valence-corrected chi connectivity index (χ0v) is 15.8. The van der Waals surface area contributed by atoms with E-state index in [4.69, 9.17) is 4.74 Å². The molecular formula is C20H23N7O. The van der Waals surface area contributed by atoms with Crippen LogP contribution in [0, 0.1) is 0 Å². The predicted molar refractivity (Wildman–Crippen MR) is 107 cm³/mol. The van der Waals surface area contributed by atoms with Crippen molar-refractivity contribution in [3.05, 3.63) is 36.9 Å². The maximum atomic E-state index is 5.73. The Balaban J connectivity index is 1.35. The van der Waals surface area contributed by atoms with Gasteiger partial charge in [0.25, 0.3) is 0 Å². The molecule has 5 rings (SSSR count). The standard InChI is InChI=1S/C20H23N7O/c1-2-28-14-5-3-13(4-6-14)24-20-22-12-16-15(11-21-19(16)26-20)17-8-10-27-18(25-17)7-9-23-27/h7-14H,2-6H2,1H3,(H2,21,22,24,26)/t13-,14+. The van der Waals surface area contributed by atoms with Gasteiger partial charge in [0.15, 0.2) is 5.65 Å². The number of nitrogens with one attached hydrogen (secondary N) is 2. The molecule has 144 valence electrons. The SMILES string of the molecule is CCO[C@H]1CC[C@@H](Nc2ncc3c(-c4ccn5nccc5n4)c[nH]c3n2)CC1. The van der Waals surface area contributed by atoms with Gasteiger partial charge in [-0.2, -0.15) is 10.1 Å². The Hall–Kier alpha value is -3.00. The van der Waals surface area contributed by atoms with Gasteiger partial charge in [-0.05, 0) is 38.7 Å². The minimum absolute atomic E-state index is 0.398. The smallest absolute Gasteiger partial charge is 0.224 e. The quantitative estimate of drug-likeness (QED) is 0.553. The van der Waals surface area contributed by atoms with E-state index in [0.717, 1.165) is 60.2 Å². The summed E-state index contributed by atoms with van der Waals surface area (Å²) in [5.41, 5.74) is 3.49. The number of H-pyrrole nitrogens is 1. The first kappa shape index (κ1) is 17.1. The molecule has 1 aliphatic rings. The fourth-order valence-electron chi connectivity index (χ4n) is 3.94. The van der Waals surface area contributed by atoms with Gasteiger partial charge in [-0.25, -0.2) is 14.5 Å². The number of aromatic nitrogens is 6. The van der Waals surface area contributed by atoms with Crippen LogP contribution >= 0.6 is 0 Å². The lowest BCUT2D eigenvalue weighted by Gasteiger charge is -2.28. The van der Waals surface area contributed by atoms with Crippen molar-refractivity contribution in [3.8, 4) is 11.3 Å². The minimum Gasteiger partial charge on any atom is -0.379 e. The first-order chi connectivity index (χ1) is 13.8. The van der Waals surface area contributed by atoms with Gasteiger partial charge in [0.1, 0.15) is 5.65 Å². The topological polar surface area (TPSA) is 93.0 Å². The number of aromatic amines is 1. The molecule has 0 spiro atoms. The van der Waals surface area contributed by atoms with Crippen LogP contribution in [0.25, 0.3) is 27.9 Å². The summed E-state index contributed by atoms with van der Waals surface area (Å²) in [5.74, 6) is 0.667. The highest BCUT2D eigenvalue weighted by Gasteiger charge is 2.22. The molecular weight excluding hydrogens is 354 g/mol. The highest BCUT2D eigenvalue weighted by Crippen LogP contribution is 2.28. The molecule has 2 N–H and O–H groups in total. The van der Waals surface area contributed by atoms with Crippen LogP contribution < -0.4 is 5.32 Å². The van der Waals surface area contributed by atoms with Crippen molar-refractivity contribution in [1.29, 1.82) is 0 Å². The van der Waals surface area contributed by atoms with E-state index in [-0.39, 0.29) is 0 Å². The fourth-order valence-corrected chi connectivity index (χ4v) is 3.94. The molecule has 0 saturated heterocycles. The van der Waals surface area contributed by atoms with Gasteiger partial charge in [0.2, 0.25) is 5.95 Å². The summed E-state index contributed by atoms with van der Waals surface area (Å²) in [7, 11) is 0. The first-order valence-corrected chi connectivity index (χ1v) is 9.83. The van der Waals surface area contributed by atoms with Crippen molar-refractivity contribution >= 4 is 22.6 Å². The zero-order valence-electron chi connectivity index (χ0n) is 15.8. The summed E-state index contributed by atoms with van der Waals surface area (Å²) in [6.07, 6.45) is 12.2. The average Bonchev–Trinajstić information content (AvgIpc) is 3.35. The molecule has 0 aliphatic heterocycles. The second-order valence-electron chi connectivity index (χ2n) is 7.18. The van der Waals surface area contributed by atoms with Crippen LogP contribution in [0.1, 0.15) is 32.6 Å². The molecule has 8 nitrogen and oxygen atoms in total. The van der Waals surface area contributed by atoms with E-state index in [1.54, 1.807) is 10.7 Å². The Morgan fingerprint density at radius 1 is 1.21 bits per heavy atom. The number of hydrogen-bond donors (Lipinski definition) is 2. The Bertz CT molecular complexity index is 1090. The van der Waals surface area contributed by atoms with Gasteiger partial charge in [0, 0.05) is 48.3 Å². The third-order valence-corrected chi connectivity index (χ3v) is 5.38. The lowest BCUT2D eigenvalue weighted by molar-refractivity contribution is 0.0346. The molecule has 8 heteroatoms. The Labute approximate surface area is 162 Å². The van der Waals surface area contributed by atoms with Gasteiger partial charge in [0.05, 0.1) is 18.0 Å². The van der Waals surface area contributed by atoms with E-state index in [0.29, 0.717) is 18.1 Å². The molecule has 0 aromatic carbocycles. The molecule has 0 unspecified atom stereocenters. The maximum absolute atomic E-state index is 5.73. The van der Waals surface area contributed by atoms with Crippen LogP contribution in [-0.4, -0.2) is 48.3 Å². The fraction of sp³-hybridized carbons (Fsp3) is 0.400. The molecule has 0 atom stereocenters. The van der Waals surface area contributed by atoms with Crippen molar-refractivity contribution < 1.29 is 4.74 Å². The molecule has 4 aromatic heterocycles. The van der Waals surface area contributed by atoms with Crippen molar-refractivity contribution in [3.63, 3.8) is 0 Å². The van der Waals surface area contributed by atoms with E-state index >= 15 is 0 Å². The molecule has 0 radical (unpaired) electrons. The molecule has 1 aliphatic carbocycles. The third-order valence-electron chi connectivity index (χ3n) is 5.38. The van der Waals surface area contributed by atoms with Crippen LogP contribution in [0.4, 0.5) is 5.95 Å². The van der Waals surface area contributed by atoms with E-state index < -0.39 is 0 Å². The van der Waals surface area contributed by atoms with Gasteiger partial charge in [-0.1, -0.05) is 0 Å². The molecule has 0 bridgehead atoms. The molecule has 0 amide bonds. The van der Waals surface area contributed by atoms with Gasteiger partial charge in [-0.15, -0.1) is 0 Å². The van der Waals surface area contributed by atoms with Gasteiger partial charge < -0.3 is 15.0 Å². The van der Waals surface area contributed by atoms with Crippen LogP contribution in [0.15, 0.2) is 36.9 Å². The summed E-state index contributed by atoms with van der Waals surface area (Å²) in [4.78, 5) is 17.1. The summed E-state index contributed by atoms with van der Waals surface area (Å²) < 4.78 is 7.48.